The van der Waals surface area contributed by atoms with Crippen LogP contribution in [0, 0.1) is 53.9 Å². The zero-order chi connectivity index (χ0) is 40.9. The molecule has 0 amide bonds. The summed E-state index contributed by atoms with van der Waals surface area (Å²) in [5, 5.41) is 14.2. The van der Waals surface area contributed by atoms with E-state index < -0.39 is 0 Å². The average molecular weight is 963 g/mol. The van der Waals surface area contributed by atoms with Crippen molar-refractivity contribution < 1.29 is 30.0 Å². The van der Waals surface area contributed by atoms with Gasteiger partial charge in [0, 0.05) is 59.5 Å². The van der Waals surface area contributed by atoms with Gasteiger partial charge in [0.05, 0.1) is 5.76 Å². The summed E-state index contributed by atoms with van der Waals surface area (Å²) in [6.45, 7) is 25.8. The molecule has 5 heteroatoms. The van der Waals surface area contributed by atoms with Crippen molar-refractivity contribution in [3.8, 4) is 21.7 Å². The van der Waals surface area contributed by atoms with Crippen molar-refractivity contribution in [3.05, 3.63) is 101 Å². The molecule has 2 aromatic heterocycles. The van der Waals surface area contributed by atoms with Crippen molar-refractivity contribution in [2.75, 3.05) is 0 Å². The Hall–Kier alpha value is -3.11. The summed E-state index contributed by atoms with van der Waals surface area (Å²) in [6, 6.07) is 26.4. The van der Waals surface area contributed by atoms with Crippen LogP contribution in [0.3, 0.4) is 0 Å². The van der Waals surface area contributed by atoms with Gasteiger partial charge in [0.1, 0.15) is 0 Å². The molecule has 3 aromatic carbocycles. The van der Waals surface area contributed by atoms with Gasteiger partial charge < -0.3 is 5.11 Å². The van der Waals surface area contributed by atoms with Gasteiger partial charge in [-0.05, 0) is 89.3 Å². The summed E-state index contributed by atoms with van der Waals surface area (Å²) < 4.78 is 1.27. The van der Waals surface area contributed by atoms with Crippen molar-refractivity contribution >= 4 is 38.0 Å². The van der Waals surface area contributed by atoms with Gasteiger partial charge >= 0.3 is 0 Å². The first-order valence-corrected chi connectivity index (χ1v) is 22.2. The average Bonchev–Trinajstić information content (AvgIpc) is 3.47. The van der Waals surface area contributed by atoms with E-state index in [0.717, 1.165) is 17.7 Å². The van der Waals surface area contributed by atoms with E-state index in [4.69, 9.17) is 4.98 Å². The second-order valence-corrected chi connectivity index (χ2v) is 20.1. The number of thiophene rings is 1. The van der Waals surface area contributed by atoms with Gasteiger partial charge in [0.2, 0.25) is 0 Å². The molecule has 1 saturated carbocycles. The molecular formula is C52H68IrNO2S-. The standard InChI is InChI=1S/C35H36NS.C17H32O2.Ir/c1-23-29-18-19-36-32(34(29)37-33(23)26-16-14-24(15-17-26)22-35(2,3)4)28-20-27-12-8-9-13-30(27)31(21-28)25-10-6-5-7-11-25;1-10(2)16(11(3)4)14(18)9-15(19)17(12(5)6)13(7)8;/h8-9,12-19,21,25H,5-7,10-11,22H2,1-4H3;9-13,16-18H,1-8H3;/q-1;;/b;14-9-;. The fraction of sp³-hybridized carbons (Fsp3) is 0.500. The van der Waals surface area contributed by atoms with Crippen LogP contribution < -0.4 is 0 Å². The van der Waals surface area contributed by atoms with Crippen LogP contribution in [0.25, 0.3) is 42.6 Å². The Balaban J connectivity index is 0.000000309. The fourth-order valence-corrected chi connectivity index (χ4v) is 10.7. The Morgan fingerprint density at radius 1 is 0.842 bits per heavy atom. The maximum Gasteiger partial charge on any atom is 0.162 e. The summed E-state index contributed by atoms with van der Waals surface area (Å²) in [6.07, 6.45) is 11.2. The number of hydrogen-bond donors (Lipinski definition) is 1. The molecule has 0 spiro atoms. The third-order valence-electron chi connectivity index (χ3n) is 11.7. The van der Waals surface area contributed by atoms with Gasteiger partial charge in [-0.2, -0.15) is 0 Å². The molecule has 1 fully saturated rings. The van der Waals surface area contributed by atoms with Crippen molar-refractivity contribution in [2.45, 2.75) is 128 Å². The van der Waals surface area contributed by atoms with Crippen LogP contribution in [0.15, 0.2) is 78.7 Å². The molecule has 309 valence electrons. The van der Waals surface area contributed by atoms with Gasteiger partial charge in [-0.25, -0.2) is 0 Å². The van der Waals surface area contributed by atoms with Gasteiger partial charge in [0.25, 0.3) is 0 Å². The van der Waals surface area contributed by atoms with E-state index in [9.17, 15) is 9.90 Å². The predicted molar refractivity (Wildman–Crippen MR) is 243 cm³/mol. The molecule has 0 atom stereocenters. The number of rotatable bonds is 11. The molecule has 6 rings (SSSR count). The maximum atomic E-state index is 12.3. The van der Waals surface area contributed by atoms with Crippen LogP contribution in [0.2, 0.25) is 0 Å². The predicted octanol–water partition coefficient (Wildman–Crippen LogP) is 15.4. The molecule has 5 aromatic rings. The summed E-state index contributed by atoms with van der Waals surface area (Å²) in [4.78, 5) is 18.6. The SMILES string of the molecule is CC(C)C(C(=O)/C=C(\O)C(C(C)C)C(C)C)C(C)C.Cc1c(-c2ccc(CC(C)(C)C)cc2)sc2c(-c3[c-]c4ccccc4c(C4CCCCC4)c3)nccc12.[Ir]. The minimum absolute atomic E-state index is 0. The van der Waals surface area contributed by atoms with E-state index in [1.54, 1.807) is 0 Å². The van der Waals surface area contributed by atoms with Crippen LogP contribution >= 0.6 is 11.3 Å². The first-order valence-electron chi connectivity index (χ1n) is 21.3. The Morgan fingerprint density at radius 3 is 2.02 bits per heavy atom. The molecule has 1 radical (unpaired) electrons. The molecule has 0 bridgehead atoms. The van der Waals surface area contributed by atoms with Gasteiger partial charge in [-0.15, -0.1) is 40.5 Å². The minimum Gasteiger partial charge on any atom is -0.512 e. The largest absolute Gasteiger partial charge is 0.512 e. The summed E-state index contributed by atoms with van der Waals surface area (Å²) in [5.74, 6) is 2.27. The number of ketones is 1. The van der Waals surface area contributed by atoms with E-state index in [2.05, 4.69) is 150 Å². The van der Waals surface area contributed by atoms with Crippen molar-refractivity contribution in [1.82, 2.24) is 4.98 Å². The van der Waals surface area contributed by atoms with Crippen molar-refractivity contribution in [2.24, 2.45) is 40.9 Å². The van der Waals surface area contributed by atoms with Crippen LogP contribution in [0.1, 0.15) is 131 Å². The van der Waals surface area contributed by atoms with Gasteiger partial charge in [0.15, 0.2) is 5.78 Å². The number of pyridine rings is 1. The number of aryl methyl sites for hydroxylation is 1. The Kier molecular flexibility index (Phi) is 16.5. The normalized spacial score (nSPS) is 14.3. The number of fused-ring (bicyclic) bond motifs is 2. The fourth-order valence-electron chi connectivity index (χ4n) is 9.36. The van der Waals surface area contributed by atoms with E-state index >= 15 is 0 Å². The Morgan fingerprint density at radius 2 is 1.44 bits per heavy atom. The first kappa shape index (κ1) is 46.6. The van der Waals surface area contributed by atoms with Crippen LogP contribution in [-0.4, -0.2) is 15.9 Å². The molecule has 3 nitrogen and oxygen atoms in total. The Labute approximate surface area is 362 Å². The first-order chi connectivity index (χ1) is 26.5. The third-order valence-corrected chi connectivity index (χ3v) is 13.1. The molecule has 57 heavy (non-hydrogen) atoms. The van der Waals surface area contributed by atoms with E-state index in [0.29, 0.717) is 35.0 Å². The second-order valence-electron chi connectivity index (χ2n) is 19.0. The minimum atomic E-state index is -0.0119. The number of allylic oxidation sites excluding steroid dienone is 2. The number of benzene rings is 3. The number of aliphatic hydroxyl groups excluding tert-OH is 1. The third kappa shape index (κ3) is 11.6. The monoisotopic (exact) mass is 963 g/mol. The maximum absolute atomic E-state index is 12.3. The van der Waals surface area contributed by atoms with Crippen molar-refractivity contribution in [1.29, 1.82) is 0 Å². The number of aliphatic hydroxyl groups is 1. The summed E-state index contributed by atoms with van der Waals surface area (Å²) in [7, 11) is 0. The zero-order valence-electron chi connectivity index (χ0n) is 36.8. The second kappa shape index (κ2) is 20.2. The van der Waals surface area contributed by atoms with Crippen LogP contribution in [-0.2, 0) is 31.3 Å². The molecule has 0 aliphatic heterocycles. The smallest absolute Gasteiger partial charge is 0.162 e. The number of nitrogens with zero attached hydrogens (tertiary/aromatic N) is 1. The molecule has 1 aliphatic carbocycles. The van der Waals surface area contributed by atoms with Gasteiger partial charge in [-0.1, -0.05) is 149 Å². The Bertz CT molecular complexity index is 2090. The molecule has 2 heterocycles. The van der Waals surface area contributed by atoms with Gasteiger partial charge in [-0.3, -0.25) is 9.78 Å². The number of aromatic nitrogens is 1. The molecule has 0 saturated heterocycles. The molecule has 1 aliphatic rings. The topological polar surface area (TPSA) is 50.2 Å². The van der Waals surface area contributed by atoms with Crippen LogP contribution in [0.4, 0.5) is 0 Å². The quantitative estimate of drug-likeness (QED) is 0.0815. The molecule has 1 N–H and O–H groups in total. The molecule has 0 unspecified atom stereocenters. The van der Waals surface area contributed by atoms with Crippen LogP contribution in [0.5, 0.6) is 0 Å². The number of carbonyl (C=O) groups is 1. The number of carbonyl (C=O) groups excluding carboxylic acids is 1. The van der Waals surface area contributed by atoms with E-state index in [-0.39, 0.29) is 43.5 Å². The zero-order valence-corrected chi connectivity index (χ0v) is 40.0. The molecular weight excluding hydrogens is 895 g/mol. The number of hydrogen-bond acceptors (Lipinski definition) is 4. The summed E-state index contributed by atoms with van der Waals surface area (Å²) >= 11 is 1.88. The van der Waals surface area contributed by atoms with E-state index in [1.807, 2.05) is 17.5 Å². The van der Waals surface area contributed by atoms with Crippen molar-refractivity contribution in [3.63, 3.8) is 0 Å². The summed E-state index contributed by atoms with van der Waals surface area (Å²) in [5.41, 5.74) is 8.04. The van der Waals surface area contributed by atoms with E-state index in [1.165, 1.54) is 86.2 Å².